The third-order valence-corrected chi connectivity index (χ3v) is 5.01. The second-order valence-electron chi connectivity index (χ2n) is 5.47. The van der Waals surface area contributed by atoms with Crippen molar-refractivity contribution in [3.63, 3.8) is 0 Å². The quantitative estimate of drug-likeness (QED) is 0.770. The van der Waals surface area contributed by atoms with Gasteiger partial charge in [-0.05, 0) is 24.6 Å². The Morgan fingerprint density at radius 1 is 1.13 bits per heavy atom. The maximum atomic E-state index is 10.0. The molecule has 0 aliphatic carbocycles. The summed E-state index contributed by atoms with van der Waals surface area (Å²) in [6, 6.07) is 3.74. The Kier molecular flexibility index (Phi) is 4.82. The minimum absolute atomic E-state index is 0.303. The van der Waals surface area contributed by atoms with Crippen LogP contribution in [0.15, 0.2) is 36.9 Å². The summed E-state index contributed by atoms with van der Waals surface area (Å²) < 4.78 is 5.75. The zero-order chi connectivity index (χ0) is 16.4. The summed E-state index contributed by atoms with van der Waals surface area (Å²) in [7, 11) is 0. The van der Waals surface area contributed by atoms with Crippen LogP contribution in [0, 0.1) is 6.92 Å². The number of pyridine rings is 2. The number of aliphatic hydroxyl groups is 3. The minimum Gasteiger partial charge on any atom is -0.475 e. The zero-order valence-electron chi connectivity index (χ0n) is 12.5. The summed E-state index contributed by atoms with van der Waals surface area (Å²) in [5.74, 6) is 0.795. The molecule has 4 atom stereocenters. The molecular formula is C16H18N2O4S. The third kappa shape index (κ3) is 3.48. The SMILES string of the molecule is Cc1ccncc1-c1cncc(O[C@H]2SC[C@@H](O)[C@H](O)[C@H]2O)c1. The highest BCUT2D eigenvalue weighted by Gasteiger charge is 2.38. The van der Waals surface area contributed by atoms with Crippen LogP contribution in [-0.2, 0) is 0 Å². The number of ether oxygens (including phenoxy) is 1. The molecule has 0 saturated carbocycles. The molecular weight excluding hydrogens is 316 g/mol. The summed E-state index contributed by atoms with van der Waals surface area (Å²) in [6.07, 6.45) is 3.46. The molecule has 122 valence electrons. The van der Waals surface area contributed by atoms with E-state index in [9.17, 15) is 15.3 Å². The Hall–Kier alpha value is -1.67. The maximum absolute atomic E-state index is 10.0. The average Bonchev–Trinajstić information content (AvgIpc) is 2.56. The van der Waals surface area contributed by atoms with Crippen molar-refractivity contribution in [3.8, 4) is 16.9 Å². The first-order valence-corrected chi connectivity index (χ1v) is 8.29. The molecule has 1 saturated heterocycles. The van der Waals surface area contributed by atoms with E-state index in [2.05, 4.69) is 9.97 Å². The van der Waals surface area contributed by atoms with Crippen LogP contribution < -0.4 is 4.74 Å². The molecule has 0 bridgehead atoms. The standard InChI is InChI=1S/C16H18N2O4S/c1-9-2-3-17-7-12(9)10-4-11(6-18-5-10)22-16-15(21)14(20)13(19)8-23-16/h2-7,13-16,19-21H,8H2,1H3/t13-,14+,15-,16+/m1/s1. The molecule has 3 heterocycles. The fourth-order valence-electron chi connectivity index (χ4n) is 2.41. The second-order valence-corrected chi connectivity index (χ2v) is 6.60. The van der Waals surface area contributed by atoms with Gasteiger partial charge in [0, 0.05) is 35.5 Å². The lowest BCUT2D eigenvalue weighted by atomic mass is 10.1. The fraction of sp³-hybridized carbons (Fsp3) is 0.375. The van der Waals surface area contributed by atoms with Crippen molar-refractivity contribution in [1.29, 1.82) is 0 Å². The summed E-state index contributed by atoms with van der Waals surface area (Å²) in [5, 5.41) is 29.3. The molecule has 1 aliphatic rings. The van der Waals surface area contributed by atoms with E-state index in [0.717, 1.165) is 16.7 Å². The zero-order valence-corrected chi connectivity index (χ0v) is 13.3. The summed E-state index contributed by atoms with van der Waals surface area (Å²) in [4.78, 5) is 8.30. The van der Waals surface area contributed by atoms with Crippen molar-refractivity contribution in [2.45, 2.75) is 30.7 Å². The van der Waals surface area contributed by atoms with Gasteiger partial charge in [-0.15, -0.1) is 11.8 Å². The van der Waals surface area contributed by atoms with Crippen LogP contribution in [0.3, 0.4) is 0 Å². The lowest BCUT2D eigenvalue weighted by Crippen LogP contribution is -2.50. The topological polar surface area (TPSA) is 95.7 Å². The highest BCUT2D eigenvalue weighted by molar-refractivity contribution is 7.99. The van der Waals surface area contributed by atoms with Gasteiger partial charge in [0.15, 0.2) is 5.44 Å². The molecule has 3 N–H and O–H groups in total. The molecule has 0 unspecified atom stereocenters. The van der Waals surface area contributed by atoms with Crippen molar-refractivity contribution < 1.29 is 20.1 Å². The van der Waals surface area contributed by atoms with Crippen LogP contribution in [0.2, 0.25) is 0 Å². The fourth-order valence-corrected chi connectivity index (χ4v) is 3.54. The van der Waals surface area contributed by atoms with Crippen LogP contribution in [0.4, 0.5) is 0 Å². The van der Waals surface area contributed by atoms with E-state index >= 15 is 0 Å². The lowest BCUT2D eigenvalue weighted by Gasteiger charge is -2.34. The largest absolute Gasteiger partial charge is 0.475 e. The van der Waals surface area contributed by atoms with Crippen molar-refractivity contribution in [2.75, 3.05) is 5.75 Å². The Bertz CT molecular complexity index is 685. The number of rotatable bonds is 3. The number of hydrogen-bond donors (Lipinski definition) is 3. The van der Waals surface area contributed by atoms with E-state index in [1.54, 1.807) is 24.8 Å². The van der Waals surface area contributed by atoms with Gasteiger partial charge in [0.1, 0.15) is 18.0 Å². The Labute approximate surface area is 138 Å². The van der Waals surface area contributed by atoms with Crippen LogP contribution >= 0.6 is 11.8 Å². The first-order valence-electron chi connectivity index (χ1n) is 7.25. The molecule has 0 aromatic carbocycles. The molecule has 23 heavy (non-hydrogen) atoms. The molecule has 1 aliphatic heterocycles. The van der Waals surface area contributed by atoms with E-state index in [0.29, 0.717) is 11.5 Å². The Balaban J connectivity index is 1.80. The monoisotopic (exact) mass is 334 g/mol. The van der Waals surface area contributed by atoms with Crippen LogP contribution in [0.25, 0.3) is 11.1 Å². The maximum Gasteiger partial charge on any atom is 0.173 e. The summed E-state index contributed by atoms with van der Waals surface area (Å²) in [5.41, 5.74) is 2.24. The first kappa shape index (κ1) is 16.2. The highest BCUT2D eigenvalue weighted by Crippen LogP contribution is 2.31. The number of hydrogen-bond acceptors (Lipinski definition) is 7. The van der Waals surface area contributed by atoms with Gasteiger partial charge in [0.25, 0.3) is 0 Å². The Morgan fingerprint density at radius 2 is 1.96 bits per heavy atom. The van der Waals surface area contributed by atoms with Crippen LogP contribution in [0.1, 0.15) is 5.56 Å². The molecule has 7 heteroatoms. The first-order chi connectivity index (χ1) is 11.1. The minimum atomic E-state index is -1.21. The van der Waals surface area contributed by atoms with Crippen molar-refractivity contribution in [3.05, 3.63) is 42.5 Å². The molecule has 2 aromatic heterocycles. The third-order valence-electron chi connectivity index (χ3n) is 3.77. The van der Waals surface area contributed by atoms with E-state index in [4.69, 9.17) is 4.74 Å². The predicted molar refractivity (Wildman–Crippen MR) is 87.1 cm³/mol. The smallest absolute Gasteiger partial charge is 0.173 e. The number of nitrogens with zero attached hydrogens (tertiary/aromatic N) is 2. The van der Waals surface area contributed by atoms with Gasteiger partial charge in [-0.25, -0.2) is 0 Å². The van der Waals surface area contributed by atoms with Crippen molar-refractivity contribution in [2.24, 2.45) is 0 Å². The number of aromatic nitrogens is 2. The molecule has 0 spiro atoms. The molecule has 0 radical (unpaired) electrons. The van der Waals surface area contributed by atoms with Crippen molar-refractivity contribution >= 4 is 11.8 Å². The van der Waals surface area contributed by atoms with Gasteiger partial charge < -0.3 is 20.1 Å². The molecule has 6 nitrogen and oxygen atoms in total. The van der Waals surface area contributed by atoms with Crippen LogP contribution in [0.5, 0.6) is 5.75 Å². The Morgan fingerprint density at radius 3 is 2.74 bits per heavy atom. The normalized spacial score (nSPS) is 27.7. The highest BCUT2D eigenvalue weighted by atomic mass is 32.2. The number of aryl methyl sites for hydroxylation is 1. The van der Waals surface area contributed by atoms with Gasteiger partial charge in [-0.2, -0.15) is 0 Å². The average molecular weight is 334 g/mol. The number of thioether (sulfide) groups is 1. The van der Waals surface area contributed by atoms with Crippen LogP contribution in [-0.4, -0.2) is 54.8 Å². The van der Waals surface area contributed by atoms with E-state index in [1.165, 1.54) is 11.8 Å². The van der Waals surface area contributed by atoms with Gasteiger partial charge in [0.2, 0.25) is 0 Å². The van der Waals surface area contributed by atoms with E-state index in [-0.39, 0.29) is 0 Å². The summed E-state index contributed by atoms with van der Waals surface area (Å²) >= 11 is 1.26. The predicted octanol–water partition coefficient (Wildman–Crippen LogP) is 0.986. The molecule has 1 fully saturated rings. The van der Waals surface area contributed by atoms with Gasteiger partial charge in [-0.1, -0.05) is 0 Å². The van der Waals surface area contributed by atoms with E-state index in [1.807, 2.05) is 19.1 Å². The molecule has 2 aromatic rings. The second kappa shape index (κ2) is 6.84. The lowest BCUT2D eigenvalue weighted by molar-refractivity contribution is -0.0786. The molecule has 0 amide bonds. The van der Waals surface area contributed by atoms with Crippen molar-refractivity contribution in [1.82, 2.24) is 9.97 Å². The van der Waals surface area contributed by atoms with Gasteiger partial charge in [-0.3, -0.25) is 9.97 Å². The van der Waals surface area contributed by atoms with Gasteiger partial charge >= 0.3 is 0 Å². The van der Waals surface area contributed by atoms with Gasteiger partial charge in [0.05, 0.1) is 12.3 Å². The molecule has 3 rings (SSSR count). The number of aliphatic hydroxyl groups excluding tert-OH is 3. The summed E-state index contributed by atoms with van der Waals surface area (Å²) in [6.45, 7) is 1.99. The van der Waals surface area contributed by atoms with E-state index < -0.39 is 23.7 Å².